The molecule has 0 bridgehead atoms. The first-order valence-corrected chi connectivity index (χ1v) is 9.77. The van der Waals surface area contributed by atoms with Crippen LogP contribution in [0.15, 0.2) is 29.2 Å². The van der Waals surface area contributed by atoms with Crippen molar-refractivity contribution < 1.29 is 27.5 Å². The van der Waals surface area contributed by atoms with Gasteiger partial charge in [-0.25, -0.2) is 21.9 Å². The second-order valence-corrected chi connectivity index (χ2v) is 8.20. The highest BCUT2D eigenvalue weighted by Crippen LogP contribution is 2.15. The van der Waals surface area contributed by atoms with Crippen LogP contribution in [0, 0.1) is 11.7 Å². The van der Waals surface area contributed by atoms with E-state index in [1.165, 1.54) is 19.2 Å². The molecule has 0 saturated carbocycles. The van der Waals surface area contributed by atoms with Crippen LogP contribution in [-0.2, 0) is 19.6 Å². The van der Waals surface area contributed by atoms with Crippen molar-refractivity contribution in [2.24, 2.45) is 5.92 Å². The van der Waals surface area contributed by atoms with Gasteiger partial charge in [-0.2, -0.15) is 0 Å². The standard InChI is InChI=1S/C17H25FN2O5S/c1-4-12(2)16(17(22)23)19-15(21)6-5-11-20(3)26(24,25)14-9-7-13(18)8-10-14/h7-10,12,16H,4-6,11H2,1-3H3,(H,19,21)(H,22,23)/t12-,16-/m0/s1. The van der Waals surface area contributed by atoms with Gasteiger partial charge >= 0.3 is 5.97 Å². The number of sulfonamides is 1. The first-order chi connectivity index (χ1) is 12.1. The lowest BCUT2D eigenvalue weighted by molar-refractivity contribution is -0.143. The third kappa shape index (κ3) is 6.06. The van der Waals surface area contributed by atoms with E-state index in [0.717, 1.165) is 16.4 Å². The summed E-state index contributed by atoms with van der Waals surface area (Å²) in [5, 5.41) is 11.6. The normalized spacial score (nSPS) is 14.0. The fourth-order valence-electron chi connectivity index (χ4n) is 2.30. The number of nitrogens with one attached hydrogen (secondary N) is 1. The van der Waals surface area contributed by atoms with Crippen LogP contribution in [0.3, 0.4) is 0 Å². The molecule has 1 aromatic carbocycles. The van der Waals surface area contributed by atoms with Gasteiger partial charge in [0.05, 0.1) is 4.90 Å². The molecule has 0 unspecified atom stereocenters. The summed E-state index contributed by atoms with van der Waals surface area (Å²) in [6.07, 6.45) is 0.842. The first kappa shape index (κ1) is 22.0. The van der Waals surface area contributed by atoms with E-state index in [9.17, 15) is 22.4 Å². The van der Waals surface area contributed by atoms with Crippen molar-refractivity contribution in [3.8, 4) is 0 Å². The lowest BCUT2D eigenvalue weighted by Crippen LogP contribution is -2.45. The number of hydrogen-bond acceptors (Lipinski definition) is 4. The molecular weight excluding hydrogens is 363 g/mol. The Bertz CT molecular complexity index is 721. The number of rotatable bonds is 10. The summed E-state index contributed by atoms with van der Waals surface area (Å²) < 4.78 is 38.7. The van der Waals surface area contributed by atoms with Crippen LogP contribution >= 0.6 is 0 Å². The molecule has 2 atom stereocenters. The van der Waals surface area contributed by atoms with Crippen molar-refractivity contribution in [2.45, 2.75) is 44.0 Å². The smallest absolute Gasteiger partial charge is 0.326 e. The van der Waals surface area contributed by atoms with Gasteiger partial charge < -0.3 is 10.4 Å². The van der Waals surface area contributed by atoms with Crippen molar-refractivity contribution in [2.75, 3.05) is 13.6 Å². The van der Waals surface area contributed by atoms with Crippen molar-refractivity contribution in [3.63, 3.8) is 0 Å². The Balaban J connectivity index is 2.57. The minimum Gasteiger partial charge on any atom is -0.480 e. The topological polar surface area (TPSA) is 104 Å². The second-order valence-electron chi connectivity index (χ2n) is 6.15. The molecule has 26 heavy (non-hydrogen) atoms. The number of hydrogen-bond donors (Lipinski definition) is 2. The molecule has 0 saturated heterocycles. The van der Waals surface area contributed by atoms with E-state index in [2.05, 4.69) is 5.32 Å². The molecule has 0 aliphatic rings. The number of carbonyl (C=O) groups excluding carboxylic acids is 1. The zero-order valence-electron chi connectivity index (χ0n) is 15.1. The predicted molar refractivity (Wildman–Crippen MR) is 94.5 cm³/mol. The molecule has 0 fully saturated rings. The number of carboxylic acids is 1. The molecule has 7 nitrogen and oxygen atoms in total. The molecule has 1 amide bonds. The van der Waals surface area contributed by atoms with Gasteiger partial charge in [0.25, 0.3) is 0 Å². The lowest BCUT2D eigenvalue weighted by atomic mass is 9.99. The average molecular weight is 388 g/mol. The minimum absolute atomic E-state index is 0.00346. The lowest BCUT2D eigenvalue weighted by Gasteiger charge is -2.21. The van der Waals surface area contributed by atoms with Crippen molar-refractivity contribution in [1.29, 1.82) is 0 Å². The fraction of sp³-hybridized carbons (Fsp3) is 0.529. The van der Waals surface area contributed by atoms with E-state index in [-0.39, 0.29) is 30.2 Å². The Morgan fingerprint density at radius 1 is 1.27 bits per heavy atom. The average Bonchev–Trinajstić information content (AvgIpc) is 2.59. The van der Waals surface area contributed by atoms with Crippen LogP contribution < -0.4 is 5.32 Å². The van der Waals surface area contributed by atoms with Gasteiger partial charge in [0.2, 0.25) is 15.9 Å². The highest BCUT2D eigenvalue weighted by Gasteiger charge is 2.25. The fourth-order valence-corrected chi connectivity index (χ4v) is 3.51. The summed E-state index contributed by atoms with van der Waals surface area (Å²) >= 11 is 0. The van der Waals surface area contributed by atoms with Gasteiger partial charge in [0, 0.05) is 20.0 Å². The number of amides is 1. The molecule has 0 spiro atoms. The first-order valence-electron chi connectivity index (χ1n) is 8.33. The summed E-state index contributed by atoms with van der Waals surface area (Å²) in [7, 11) is -2.40. The van der Waals surface area contributed by atoms with Gasteiger partial charge in [-0.1, -0.05) is 20.3 Å². The van der Waals surface area contributed by atoms with Gasteiger partial charge in [-0.3, -0.25) is 4.79 Å². The molecule has 146 valence electrons. The van der Waals surface area contributed by atoms with Crippen molar-refractivity contribution in [3.05, 3.63) is 30.1 Å². The Labute approximate surface area is 153 Å². The number of halogens is 1. The second kappa shape index (κ2) is 9.63. The van der Waals surface area contributed by atoms with Crippen LogP contribution in [0.4, 0.5) is 4.39 Å². The molecule has 9 heteroatoms. The Hall–Kier alpha value is -2.00. The summed E-state index contributed by atoms with van der Waals surface area (Å²) in [6.45, 7) is 3.65. The van der Waals surface area contributed by atoms with Gasteiger partial charge in [-0.05, 0) is 36.6 Å². The van der Waals surface area contributed by atoms with E-state index in [1.807, 2.05) is 6.92 Å². The maximum atomic E-state index is 12.9. The number of benzene rings is 1. The molecule has 0 aliphatic carbocycles. The Morgan fingerprint density at radius 3 is 2.35 bits per heavy atom. The molecular formula is C17H25FN2O5S. The van der Waals surface area contributed by atoms with E-state index in [0.29, 0.717) is 6.42 Å². The Kier molecular flexibility index (Phi) is 8.16. The third-order valence-corrected chi connectivity index (χ3v) is 6.07. The Morgan fingerprint density at radius 2 is 1.85 bits per heavy atom. The summed E-state index contributed by atoms with van der Waals surface area (Å²) in [5.74, 6) is -2.27. The van der Waals surface area contributed by atoms with Crippen molar-refractivity contribution >= 4 is 21.9 Å². The molecule has 0 aliphatic heterocycles. The number of aliphatic carboxylic acids is 1. The number of carbonyl (C=O) groups is 2. The van der Waals surface area contributed by atoms with Gasteiger partial charge in [0.1, 0.15) is 11.9 Å². The summed E-state index contributed by atoms with van der Waals surface area (Å²) in [6, 6.07) is 3.52. The molecule has 1 rings (SSSR count). The number of nitrogens with zero attached hydrogens (tertiary/aromatic N) is 1. The zero-order valence-corrected chi connectivity index (χ0v) is 15.9. The van der Waals surface area contributed by atoms with Gasteiger partial charge in [0.15, 0.2) is 0 Å². The SMILES string of the molecule is CC[C@H](C)[C@H](NC(=O)CCCN(C)S(=O)(=O)c1ccc(F)cc1)C(=O)O. The highest BCUT2D eigenvalue weighted by atomic mass is 32.2. The number of carboxylic acid groups (broad SMARTS) is 1. The minimum atomic E-state index is -3.77. The van der Waals surface area contributed by atoms with Crippen LogP contribution in [0.25, 0.3) is 0 Å². The predicted octanol–water partition coefficient (Wildman–Crippen LogP) is 1.84. The molecule has 0 radical (unpaired) electrons. The van der Waals surface area contributed by atoms with E-state index < -0.39 is 33.8 Å². The van der Waals surface area contributed by atoms with Crippen molar-refractivity contribution in [1.82, 2.24) is 9.62 Å². The van der Waals surface area contributed by atoms with Crippen LogP contribution in [0.2, 0.25) is 0 Å². The van der Waals surface area contributed by atoms with Crippen LogP contribution in [0.1, 0.15) is 33.1 Å². The zero-order chi connectivity index (χ0) is 19.9. The van der Waals surface area contributed by atoms with Crippen LogP contribution in [0.5, 0.6) is 0 Å². The maximum absolute atomic E-state index is 12.9. The van der Waals surface area contributed by atoms with Crippen LogP contribution in [-0.4, -0.2) is 49.3 Å². The monoisotopic (exact) mass is 388 g/mol. The quantitative estimate of drug-likeness (QED) is 0.637. The van der Waals surface area contributed by atoms with E-state index in [1.54, 1.807) is 6.92 Å². The molecule has 1 aromatic rings. The molecule has 0 heterocycles. The van der Waals surface area contributed by atoms with E-state index >= 15 is 0 Å². The van der Waals surface area contributed by atoms with E-state index in [4.69, 9.17) is 5.11 Å². The summed E-state index contributed by atoms with van der Waals surface area (Å²) in [5.41, 5.74) is 0. The molecule has 2 N–H and O–H groups in total. The van der Waals surface area contributed by atoms with Gasteiger partial charge in [-0.15, -0.1) is 0 Å². The highest BCUT2D eigenvalue weighted by molar-refractivity contribution is 7.89. The maximum Gasteiger partial charge on any atom is 0.326 e. The largest absolute Gasteiger partial charge is 0.480 e. The third-order valence-electron chi connectivity index (χ3n) is 4.19. The summed E-state index contributed by atoms with van der Waals surface area (Å²) in [4.78, 5) is 23.1. The molecule has 0 aromatic heterocycles.